The molecule has 0 atom stereocenters. The van der Waals surface area contributed by atoms with Gasteiger partial charge in [0.15, 0.2) is 9.84 Å². The fourth-order valence-corrected chi connectivity index (χ4v) is 3.57. The monoisotopic (exact) mass is 456 g/mol. The number of alkyl halides is 3. The third-order valence-electron chi connectivity index (χ3n) is 4.52. The van der Waals surface area contributed by atoms with Crippen LogP contribution in [0.1, 0.15) is 48.0 Å². The largest absolute Gasteiger partial charge is 0.478 e. The summed E-state index contributed by atoms with van der Waals surface area (Å²) in [6, 6.07) is 3.77. The topological polar surface area (TPSA) is 133 Å². The van der Waals surface area contributed by atoms with Crippen molar-refractivity contribution in [3.8, 4) is 6.07 Å². The van der Waals surface area contributed by atoms with Gasteiger partial charge in [-0.05, 0) is 31.5 Å². The summed E-state index contributed by atoms with van der Waals surface area (Å²) in [5, 5.41) is 21.2. The molecule has 2 aromatic rings. The number of carboxylic acid groups (broad SMARTS) is 1. The average Bonchev–Trinajstić information content (AvgIpc) is 2.71. The molecule has 0 radical (unpaired) electrons. The van der Waals surface area contributed by atoms with Crippen molar-refractivity contribution < 1.29 is 31.5 Å². The maximum Gasteiger partial charge on any atom is 0.433 e. The standard InChI is InChI=1S/C19H19F3N4O4S/c1-4-31(29,30)14-5-12(18(2,3)10-23)9-26-16(14)25-8-11-7-24-15(19(20,21)22)6-13(11)17(27)28/h5-7,9H,4,8H2,1-3H3,(H,25,26)(H,27,28). The molecular formula is C19H19F3N4O4S. The molecule has 0 bridgehead atoms. The minimum Gasteiger partial charge on any atom is -0.478 e. The minimum absolute atomic E-state index is 0.0939. The van der Waals surface area contributed by atoms with E-state index in [0.29, 0.717) is 11.6 Å². The third kappa shape index (κ3) is 5.29. The number of carbonyl (C=O) groups is 1. The number of nitriles is 1. The summed E-state index contributed by atoms with van der Waals surface area (Å²) < 4.78 is 63.6. The van der Waals surface area contributed by atoms with Gasteiger partial charge in [-0.3, -0.25) is 4.98 Å². The zero-order valence-electron chi connectivity index (χ0n) is 16.8. The van der Waals surface area contributed by atoms with Gasteiger partial charge in [-0.1, -0.05) is 6.92 Å². The first-order valence-electron chi connectivity index (χ1n) is 8.90. The second kappa shape index (κ2) is 8.50. The van der Waals surface area contributed by atoms with Crippen LogP contribution >= 0.6 is 0 Å². The van der Waals surface area contributed by atoms with Gasteiger partial charge in [0.05, 0.1) is 22.8 Å². The van der Waals surface area contributed by atoms with Crippen molar-refractivity contribution in [3.63, 3.8) is 0 Å². The van der Waals surface area contributed by atoms with Crippen LogP contribution in [0.2, 0.25) is 0 Å². The molecule has 0 amide bonds. The van der Waals surface area contributed by atoms with Crippen LogP contribution in [0.15, 0.2) is 29.4 Å². The van der Waals surface area contributed by atoms with E-state index < -0.39 is 38.7 Å². The van der Waals surface area contributed by atoms with Gasteiger partial charge in [0.25, 0.3) is 0 Å². The number of rotatable bonds is 7. The van der Waals surface area contributed by atoms with Crippen molar-refractivity contribution in [1.82, 2.24) is 9.97 Å². The Balaban J connectivity index is 2.48. The van der Waals surface area contributed by atoms with Crippen molar-refractivity contribution in [2.24, 2.45) is 0 Å². The van der Waals surface area contributed by atoms with Gasteiger partial charge < -0.3 is 10.4 Å². The van der Waals surface area contributed by atoms with Crippen molar-refractivity contribution in [2.45, 2.75) is 43.8 Å². The Hall–Kier alpha value is -3.20. The third-order valence-corrected chi connectivity index (χ3v) is 6.26. The number of nitrogens with zero attached hydrogens (tertiary/aromatic N) is 3. The molecule has 0 aromatic carbocycles. The lowest BCUT2D eigenvalue weighted by Gasteiger charge is -2.19. The summed E-state index contributed by atoms with van der Waals surface area (Å²) >= 11 is 0. The quantitative estimate of drug-likeness (QED) is 0.648. The summed E-state index contributed by atoms with van der Waals surface area (Å²) in [5.41, 5.74) is -2.74. The second-order valence-corrected chi connectivity index (χ2v) is 9.34. The number of hydrogen-bond donors (Lipinski definition) is 2. The zero-order chi connectivity index (χ0) is 23.6. The molecule has 0 aliphatic heterocycles. The Labute approximate surface area is 176 Å². The lowest BCUT2D eigenvalue weighted by Crippen LogP contribution is -2.18. The molecule has 0 unspecified atom stereocenters. The Morgan fingerprint density at radius 3 is 2.39 bits per heavy atom. The second-order valence-electron chi connectivity index (χ2n) is 7.09. The number of aromatic nitrogens is 2. The highest BCUT2D eigenvalue weighted by atomic mass is 32.2. The van der Waals surface area contributed by atoms with Crippen molar-refractivity contribution in [1.29, 1.82) is 5.26 Å². The lowest BCUT2D eigenvalue weighted by molar-refractivity contribution is -0.141. The van der Waals surface area contributed by atoms with Gasteiger partial charge in [-0.2, -0.15) is 18.4 Å². The normalized spacial score (nSPS) is 12.3. The number of hydrogen-bond acceptors (Lipinski definition) is 7. The fraction of sp³-hybridized carbons (Fsp3) is 0.368. The molecule has 2 aromatic heterocycles. The number of halogens is 3. The minimum atomic E-state index is -4.82. The van der Waals surface area contributed by atoms with Crippen LogP contribution < -0.4 is 5.32 Å². The summed E-state index contributed by atoms with van der Waals surface area (Å²) in [4.78, 5) is 18.5. The van der Waals surface area contributed by atoms with Crippen molar-refractivity contribution in [2.75, 3.05) is 11.1 Å². The van der Waals surface area contributed by atoms with Gasteiger partial charge >= 0.3 is 12.1 Å². The van der Waals surface area contributed by atoms with E-state index in [4.69, 9.17) is 0 Å². The Morgan fingerprint density at radius 1 is 1.23 bits per heavy atom. The van der Waals surface area contributed by atoms with E-state index in [1.54, 1.807) is 13.8 Å². The molecule has 0 fully saturated rings. The van der Waals surface area contributed by atoms with E-state index >= 15 is 0 Å². The van der Waals surface area contributed by atoms with Crippen LogP contribution in [0.5, 0.6) is 0 Å². The predicted molar refractivity (Wildman–Crippen MR) is 104 cm³/mol. The van der Waals surface area contributed by atoms with Gasteiger partial charge in [-0.25, -0.2) is 18.2 Å². The van der Waals surface area contributed by atoms with E-state index in [1.807, 2.05) is 6.07 Å². The van der Waals surface area contributed by atoms with E-state index in [0.717, 1.165) is 6.20 Å². The van der Waals surface area contributed by atoms with Gasteiger partial charge in [0.2, 0.25) is 0 Å². The van der Waals surface area contributed by atoms with Crippen LogP contribution in [0.25, 0.3) is 0 Å². The number of aromatic carboxylic acids is 1. The molecule has 0 spiro atoms. The molecule has 0 aliphatic rings. The van der Waals surface area contributed by atoms with E-state index in [-0.39, 0.29) is 28.6 Å². The number of carboxylic acids is 1. The average molecular weight is 456 g/mol. The highest BCUT2D eigenvalue weighted by Crippen LogP contribution is 2.30. The Kier molecular flexibility index (Phi) is 6.60. The van der Waals surface area contributed by atoms with Crippen molar-refractivity contribution >= 4 is 21.6 Å². The molecule has 0 aliphatic carbocycles. The van der Waals surface area contributed by atoms with Gasteiger partial charge in [0.1, 0.15) is 16.4 Å². The first-order chi connectivity index (χ1) is 14.2. The number of nitrogens with one attached hydrogen (secondary N) is 1. The summed E-state index contributed by atoms with van der Waals surface area (Å²) in [5.74, 6) is -1.97. The SMILES string of the molecule is CCS(=O)(=O)c1cc(C(C)(C)C#N)cnc1NCc1cnc(C(F)(F)F)cc1C(=O)O. The smallest absolute Gasteiger partial charge is 0.433 e. The Bertz CT molecular complexity index is 1160. The van der Waals surface area contributed by atoms with E-state index in [9.17, 15) is 36.8 Å². The van der Waals surface area contributed by atoms with Crippen LogP contribution in [0.3, 0.4) is 0 Å². The number of pyridine rings is 2. The maximum absolute atomic E-state index is 12.8. The zero-order valence-corrected chi connectivity index (χ0v) is 17.6. The van der Waals surface area contributed by atoms with Crippen LogP contribution in [-0.2, 0) is 28.0 Å². The molecule has 0 saturated heterocycles. The summed E-state index contributed by atoms with van der Waals surface area (Å²) in [7, 11) is -3.79. The molecule has 2 rings (SSSR count). The van der Waals surface area contributed by atoms with Gasteiger partial charge in [0, 0.05) is 24.5 Å². The van der Waals surface area contributed by atoms with E-state index in [2.05, 4.69) is 15.3 Å². The van der Waals surface area contributed by atoms with Crippen molar-refractivity contribution in [3.05, 3.63) is 46.9 Å². The molecule has 31 heavy (non-hydrogen) atoms. The number of anilines is 1. The fourth-order valence-electron chi connectivity index (χ4n) is 2.53. The van der Waals surface area contributed by atoms with E-state index in [1.165, 1.54) is 19.2 Å². The first-order valence-corrected chi connectivity index (χ1v) is 10.6. The molecule has 0 saturated carbocycles. The molecule has 8 nitrogen and oxygen atoms in total. The van der Waals surface area contributed by atoms with Crippen LogP contribution in [0.4, 0.5) is 19.0 Å². The van der Waals surface area contributed by atoms with Crippen LogP contribution in [0, 0.1) is 11.3 Å². The highest BCUT2D eigenvalue weighted by Gasteiger charge is 2.34. The highest BCUT2D eigenvalue weighted by molar-refractivity contribution is 7.91. The lowest BCUT2D eigenvalue weighted by atomic mass is 9.88. The van der Waals surface area contributed by atoms with Gasteiger partial charge in [-0.15, -0.1) is 0 Å². The molecule has 166 valence electrons. The first kappa shape index (κ1) is 24.1. The summed E-state index contributed by atoms with van der Waals surface area (Å²) in [6.07, 6.45) is -2.74. The molecule has 2 heterocycles. The Morgan fingerprint density at radius 2 is 1.87 bits per heavy atom. The maximum atomic E-state index is 12.8. The summed E-state index contributed by atoms with van der Waals surface area (Å²) in [6.45, 7) is 4.26. The molecule has 2 N–H and O–H groups in total. The molecule has 12 heteroatoms. The predicted octanol–water partition coefficient (Wildman–Crippen LogP) is 3.40. The molecular weight excluding hydrogens is 437 g/mol. The van der Waals surface area contributed by atoms with Crippen LogP contribution in [-0.4, -0.2) is 35.2 Å². The number of sulfone groups is 1.